The topological polar surface area (TPSA) is 92.8 Å². The van der Waals surface area contributed by atoms with E-state index in [4.69, 9.17) is 4.74 Å². The Balaban J connectivity index is 1.73. The molecule has 0 saturated carbocycles. The fourth-order valence-corrected chi connectivity index (χ4v) is 2.89. The van der Waals surface area contributed by atoms with Gasteiger partial charge in [0.25, 0.3) is 5.91 Å². The number of aromatic amines is 1. The van der Waals surface area contributed by atoms with Crippen LogP contribution in [0.1, 0.15) is 16.2 Å². The molecule has 2 aromatic carbocycles. The number of methoxy groups -OCH3 is 1. The van der Waals surface area contributed by atoms with Gasteiger partial charge in [0, 0.05) is 10.9 Å². The molecule has 0 aliphatic carbocycles. The van der Waals surface area contributed by atoms with Crippen LogP contribution in [0.2, 0.25) is 0 Å². The summed E-state index contributed by atoms with van der Waals surface area (Å²) in [5.41, 5.74) is 2.05. The zero-order valence-electron chi connectivity index (χ0n) is 15.5. The average molecular weight is 413 g/mol. The van der Waals surface area contributed by atoms with E-state index < -0.39 is 23.9 Å². The summed E-state index contributed by atoms with van der Waals surface area (Å²) in [5.74, 6) is -1.76. The van der Waals surface area contributed by atoms with Gasteiger partial charge in [-0.2, -0.15) is 18.2 Å². The lowest BCUT2D eigenvalue weighted by atomic mass is 10.0. The van der Waals surface area contributed by atoms with E-state index in [1.54, 1.807) is 66.8 Å². The molecule has 0 unspecified atom stereocenters. The van der Waals surface area contributed by atoms with Crippen molar-refractivity contribution in [3.05, 3.63) is 66.0 Å². The molecule has 1 amide bonds. The molecule has 0 saturated heterocycles. The third-order valence-corrected chi connectivity index (χ3v) is 4.33. The van der Waals surface area contributed by atoms with Gasteiger partial charge >= 0.3 is 6.18 Å². The molecule has 0 fully saturated rings. The molecule has 10 heteroatoms. The first-order chi connectivity index (χ1) is 14.3. The number of aromatic nitrogens is 4. The Hall–Kier alpha value is -3.95. The van der Waals surface area contributed by atoms with Crippen LogP contribution in [0, 0.1) is 0 Å². The van der Waals surface area contributed by atoms with Crippen molar-refractivity contribution in [2.24, 2.45) is 0 Å². The lowest BCUT2D eigenvalue weighted by Crippen LogP contribution is -2.14. The number of benzene rings is 2. The number of hydrogen-bond acceptors (Lipinski definition) is 5. The maximum atomic E-state index is 12.8. The molecule has 0 aliphatic heterocycles. The summed E-state index contributed by atoms with van der Waals surface area (Å²) >= 11 is 0. The molecule has 0 aliphatic rings. The predicted molar refractivity (Wildman–Crippen MR) is 103 cm³/mol. The third kappa shape index (κ3) is 3.79. The molecule has 0 spiro atoms. The predicted octanol–water partition coefficient (Wildman–Crippen LogP) is 4.30. The SMILES string of the molecule is COc1ccc(-c2cc(C(=O)Nc3n[nH]c(C(F)(F)F)n3)c3ccccc3n2)cc1. The highest BCUT2D eigenvalue weighted by Crippen LogP contribution is 2.28. The van der Waals surface area contributed by atoms with Gasteiger partial charge in [0.15, 0.2) is 0 Å². The molecule has 7 nitrogen and oxygen atoms in total. The van der Waals surface area contributed by atoms with E-state index in [0.717, 1.165) is 5.56 Å². The van der Waals surface area contributed by atoms with E-state index in [-0.39, 0.29) is 5.56 Å². The van der Waals surface area contributed by atoms with E-state index in [0.29, 0.717) is 22.3 Å². The Morgan fingerprint density at radius 3 is 2.47 bits per heavy atom. The van der Waals surface area contributed by atoms with E-state index in [2.05, 4.69) is 20.4 Å². The normalized spacial score (nSPS) is 11.5. The monoisotopic (exact) mass is 413 g/mol. The molecular weight excluding hydrogens is 399 g/mol. The Morgan fingerprint density at radius 1 is 1.07 bits per heavy atom. The van der Waals surface area contributed by atoms with Crippen molar-refractivity contribution < 1.29 is 22.7 Å². The number of ether oxygens (including phenoxy) is 1. The number of amides is 1. The van der Waals surface area contributed by atoms with Gasteiger partial charge in [0.2, 0.25) is 11.8 Å². The Morgan fingerprint density at radius 2 is 1.80 bits per heavy atom. The first-order valence-electron chi connectivity index (χ1n) is 8.70. The molecule has 2 heterocycles. The number of nitrogens with one attached hydrogen (secondary N) is 2. The minimum Gasteiger partial charge on any atom is -0.497 e. The number of pyridine rings is 1. The minimum absolute atomic E-state index is 0.227. The van der Waals surface area contributed by atoms with Crippen LogP contribution in [0.5, 0.6) is 5.75 Å². The van der Waals surface area contributed by atoms with Gasteiger partial charge in [-0.05, 0) is 36.4 Å². The number of hydrogen-bond donors (Lipinski definition) is 2. The van der Waals surface area contributed by atoms with Crippen LogP contribution in [-0.4, -0.2) is 33.2 Å². The van der Waals surface area contributed by atoms with Crippen LogP contribution < -0.4 is 10.1 Å². The largest absolute Gasteiger partial charge is 0.497 e. The van der Waals surface area contributed by atoms with Crippen molar-refractivity contribution in [2.75, 3.05) is 12.4 Å². The van der Waals surface area contributed by atoms with Crippen LogP contribution in [0.3, 0.4) is 0 Å². The van der Waals surface area contributed by atoms with Crippen LogP contribution >= 0.6 is 0 Å². The zero-order chi connectivity index (χ0) is 21.3. The summed E-state index contributed by atoms with van der Waals surface area (Å²) in [6, 6.07) is 15.6. The summed E-state index contributed by atoms with van der Waals surface area (Å²) in [4.78, 5) is 20.7. The van der Waals surface area contributed by atoms with Crippen LogP contribution in [-0.2, 0) is 6.18 Å². The van der Waals surface area contributed by atoms with Gasteiger partial charge in [-0.1, -0.05) is 18.2 Å². The van der Waals surface area contributed by atoms with Crippen LogP contribution in [0.15, 0.2) is 54.6 Å². The van der Waals surface area contributed by atoms with Crippen molar-refractivity contribution in [1.82, 2.24) is 20.2 Å². The molecule has 0 atom stereocenters. The number of halogens is 3. The number of para-hydroxylation sites is 1. The summed E-state index contributed by atoms with van der Waals surface area (Å²) in [5, 5.41) is 8.01. The highest BCUT2D eigenvalue weighted by molar-refractivity contribution is 6.12. The molecule has 2 aromatic heterocycles. The summed E-state index contributed by atoms with van der Waals surface area (Å²) < 4.78 is 43.3. The van der Waals surface area contributed by atoms with E-state index in [9.17, 15) is 18.0 Å². The highest BCUT2D eigenvalue weighted by Gasteiger charge is 2.35. The Kier molecular flexibility index (Phi) is 4.82. The van der Waals surface area contributed by atoms with Gasteiger partial charge in [0.05, 0.1) is 23.9 Å². The second-order valence-electron chi connectivity index (χ2n) is 6.26. The molecule has 4 aromatic rings. The molecule has 0 radical (unpaired) electrons. The summed E-state index contributed by atoms with van der Waals surface area (Å²) in [7, 11) is 1.55. The van der Waals surface area contributed by atoms with Gasteiger partial charge in [-0.3, -0.25) is 15.2 Å². The fourth-order valence-electron chi connectivity index (χ4n) is 2.89. The van der Waals surface area contributed by atoms with Crippen LogP contribution in [0.25, 0.3) is 22.2 Å². The van der Waals surface area contributed by atoms with Gasteiger partial charge in [-0.25, -0.2) is 4.98 Å². The number of rotatable bonds is 4. The van der Waals surface area contributed by atoms with E-state index >= 15 is 0 Å². The second-order valence-corrected chi connectivity index (χ2v) is 6.26. The molecule has 30 heavy (non-hydrogen) atoms. The molecular formula is C20H14F3N5O2. The van der Waals surface area contributed by atoms with Crippen molar-refractivity contribution >= 4 is 22.8 Å². The summed E-state index contributed by atoms with van der Waals surface area (Å²) in [6.45, 7) is 0. The number of carbonyl (C=O) groups excluding carboxylic acids is 1. The first kappa shape index (κ1) is 19.4. The fraction of sp³-hybridized carbons (Fsp3) is 0.100. The van der Waals surface area contributed by atoms with Gasteiger partial charge in [-0.15, -0.1) is 5.10 Å². The van der Waals surface area contributed by atoms with Gasteiger partial charge in [0.1, 0.15) is 5.75 Å². The molecule has 0 bridgehead atoms. The first-order valence-corrected chi connectivity index (χ1v) is 8.70. The lowest BCUT2D eigenvalue weighted by molar-refractivity contribution is -0.144. The van der Waals surface area contributed by atoms with Gasteiger partial charge < -0.3 is 4.74 Å². The molecule has 4 rings (SSSR count). The van der Waals surface area contributed by atoms with E-state index in [1.807, 2.05) is 0 Å². The Bertz CT molecular complexity index is 1220. The number of anilines is 1. The maximum Gasteiger partial charge on any atom is 0.451 e. The smallest absolute Gasteiger partial charge is 0.451 e. The minimum atomic E-state index is -4.69. The molecule has 152 valence electrons. The Labute approximate surface area is 167 Å². The lowest BCUT2D eigenvalue weighted by Gasteiger charge is -2.10. The quantitative estimate of drug-likeness (QED) is 0.520. The molecule has 2 N–H and O–H groups in total. The zero-order valence-corrected chi connectivity index (χ0v) is 15.5. The van der Waals surface area contributed by atoms with Crippen molar-refractivity contribution in [3.8, 4) is 17.0 Å². The van der Waals surface area contributed by atoms with E-state index in [1.165, 1.54) is 0 Å². The number of carbonyl (C=O) groups is 1. The van der Waals surface area contributed by atoms with Crippen molar-refractivity contribution in [1.29, 1.82) is 0 Å². The number of fused-ring (bicyclic) bond motifs is 1. The standard InChI is InChI=1S/C20H14F3N5O2/c1-30-12-8-6-11(7-9-12)16-10-14(13-4-2-3-5-15(13)24-16)17(29)25-19-26-18(27-28-19)20(21,22)23/h2-10H,1H3,(H2,25,26,27,28,29). The summed E-state index contributed by atoms with van der Waals surface area (Å²) in [6.07, 6.45) is -4.69. The van der Waals surface area contributed by atoms with Crippen molar-refractivity contribution in [3.63, 3.8) is 0 Å². The number of alkyl halides is 3. The number of H-pyrrole nitrogens is 1. The second kappa shape index (κ2) is 7.47. The maximum absolute atomic E-state index is 12.8. The van der Waals surface area contributed by atoms with Crippen molar-refractivity contribution in [2.45, 2.75) is 6.18 Å². The number of nitrogens with zero attached hydrogens (tertiary/aromatic N) is 3. The third-order valence-electron chi connectivity index (χ3n) is 4.33. The van der Waals surface area contributed by atoms with Crippen LogP contribution in [0.4, 0.5) is 19.1 Å². The average Bonchev–Trinajstić information content (AvgIpc) is 3.22. The highest BCUT2D eigenvalue weighted by atomic mass is 19.4.